The molecular weight excluding hydrogens is 433 g/mol. The van der Waals surface area contributed by atoms with Crippen molar-refractivity contribution >= 4 is 16.6 Å². The second-order valence-corrected chi connectivity index (χ2v) is 8.19. The maximum absolute atomic E-state index is 14.1. The van der Waals surface area contributed by atoms with Crippen LogP contribution in [0.4, 0.5) is 13.2 Å². The number of hydrogen-bond donors (Lipinski definition) is 1. The highest BCUT2D eigenvalue weighted by atomic mass is 19.4. The van der Waals surface area contributed by atoms with Gasteiger partial charge in [-0.2, -0.15) is 13.2 Å². The number of hydrogen-bond acceptors (Lipinski definition) is 6. The molecule has 2 N–H and O–H groups in total. The van der Waals surface area contributed by atoms with Gasteiger partial charge in [-0.05, 0) is 43.2 Å². The number of fused-ring (bicyclic) bond motifs is 2. The van der Waals surface area contributed by atoms with Crippen LogP contribution in [0.2, 0.25) is 0 Å². The summed E-state index contributed by atoms with van der Waals surface area (Å²) in [6.45, 7) is 2.93. The molecule has 0 radical (unpaired) electrons. The number of nitrogens with two attached hydrogens (primary N) is 1. The van der Waals surface area contributed by atoms with Crippen molar-refractivity contribution < 1.29 is 17.9 Å². The number of nitrogens with zero attached hydrogens (tertiary/aromatic N) is 5. The minimum absolute atomic E-state index is 0.115. The molecule has 7 nitrogen and oxygen atoms in total. The summed E-state index contributed by atoms with van der Waals surface area (Å²) in [7, 11) is 0. The first-order valence-corrected chi connectivity index (χ1v) is 10.8. The summed E-state index contributed by atoms with van der Waals surface area (Å²) in [5.74, 6) is 1.06. The SMILES string of the molecule is CCOc1ccc2ccc(-c3nnc4ccc([C@@H](N5CCC(N)C5)C(F)(F)F)cn34)nc2c1. The van der Waals surface area contributed by atoms with Crippen LogP contribution in [-0.2, 0) is 0 Å². The van der Waals surface area contributed by atoms with Crippen LogP contribution in [-0.4, -0.2) is 56.4 Å². The third kappa shape index (κ3) is 4.11. The van der Waals surface area contributed by atoms with E-state index >= 15 is 0 Å². The molecule has 0 spiro atoms. The first kappa shape index (κ1) is 21.6. The fraction of sp³-hybridized carbons (Fsp3) is 0.348. The van der Waals surface area contributed by atoms with Crippen molar-refractivity contribution in [1.29, 1.82) is 0 Å². The lowest BCUT2D eigenvalue weighted by Gasteiger charge is -2.30. The molecule has 1 unspecified atom stereocenters. The summed E-state index contributed by atoms with van der Waals surface area (Å²) in [6.07, 6.45) is -2.45. The van der Waals surface area contributed by atoms with E-state index in [2.05, 4.69) is 15.2 Å². The van der Waals surface area contributed by atoms with E-state index in [0.717, 1.165) is 5.39 Å². The fourth-order valence-corrected chi connectivity index (χ4v) is 4.38. The van der Waals surface area contributed by atoms with Gasteiger partial charge in [-0.15, -0.1) is 10.2 Å². The first-order valence-electron chi connectivity index (χ1n) is 10.8. The lowest BCUT2D eigenvalue weighted by Crippen LogP contribution is -2.38. The Balaban J connectivity index is 1.58. The molecule has 10 heteroatoms. The molecular formula is C23H23F3N6O. The standard InChI is InChI=1S/C23H23F3N6O/c1-2-33-17-6-3-14-4-7-18(28-19(14)11-17)22-30-29-20-8-5-15(12-32(20)22)21(23(24,25)26)31-10-9-16(27)13-31/h3-8,11-12,16,21H,2,9-10,13,27H2,1H3/t16?,21-/m1/s1. The van der Waals surface area contributed by atoms with E-state index in [-0.39, 0.29) is 18.2 Å². The van der Waals surface area contributed by atoms with E-state index in [1.165, 1.54) is 17.2 Å². The third-order valence-electron chi connectivity index (χ3n) is 5.88. The lowest BCUT2D eigenvalue weighted by molar-refractivity contribution is -0.183. The van der Waals surface area contributed by atoms with E-state index < -0.39 is 12.2 Å². The molecule has 0 aliphatic carbocycles. The molecule has 1 fully saturated rings. The van der Waals surface area contributed by atoms with Crippen LogP contribution >= 0.6 is 0 Å². The number of likely N-dealkylation sites (tertiary alicyclic amines) is 1. The highest BCUT2D eigenvalue weighted by molar-refractivity contribution is 5.82. The number of alkyl halides is 3. The van der Waals surface area contributed by atoms with Gasteiger partial charge in [0.2, 0.25) is 0 Å². The average Bonchev–Trinajstić information content (AvgIpc) is 3.38. The van der Waals surface area contributed by atoms with Crippen LogP contribution in [0.15, 0.2) is 48.7 Å². The van der Waals surface area contributed by atoms with Gasteiger partial charge >= 0.3 is 6.18 Å². The van der Waals surface area contributed by atoms with Crippen molar-refractivity contribution in [2.75, 3.05) is 19.7 Å². The van der Waals surface area contributed by atoms with Gasteiger partial charge in [-0.3, -0.25) is 9.30 Å². The van der Waals surface area contributed by atoms with Crippen LogP contribution in [0.5, 0.6) is 5.75 Å². The normalized spacial score (nSPS) is 18.3. The van der Waals surface area contributed by atoms with E-state index in [0.29, 0.717) is 48.0 Å². The summed E-state index contributed by atoms with van der Waals surface area (Å²) in [5, 5.41) is 9.25. The van der Waals surface area contributed by atoms with Gasteiger partial charge in [0, 0.05) is 36.8 Å². The molecule has 4 heterocycles. The van der Waals surface area contributed by atoms with E-state index in [9.17, 15) is 13.2 Å². The monoisotopic (exact) mass is 456 g/mol. The Morgan fingerprint density at radius 3 is 2.70 bits per heavy atom. The Kier molecular flexibility index (Phi) is 5.41. The van der Waals surface area contributed by atoms with E-state index in [1.807, 2.05) is 31.2 Å². The molecule has 1 aromatic carbocycles. The molecule has 0 saturated carbocycles. The van der Waals surface area contributed by atoms with Crippen LogP contribution in [0, 0.1) is 0 Å². The van der Waals surface area contributed by atoms with Crippen LogP contribution < -0.4 is 10.5 Å². The molecule has 33 heavy (non-hydrogen) atoms. The summed E-state index contributed by atoms with van der Waals surface area (Å²) in [5.41, 5.74) is 7.65. The van der Waals surface area contributed by atoms with Gasteiger partial charge in [0.15, 0.2) is 11.5 Å². The molecule has 4 aromatic rings. The summed E-state index contributed by atoms with van der Waals surface area (Å²) < 4.78 is 49.3. The van der Waals surface area contributed by atoms with Gasteiger partial charge in [-0.1, -0.05) is 12.1 Å². The Morgan fingerprint density at radius 2 is 1.97 bits per heavy atom. The van der Waals surface area contributed by atoms with Gasteiger partial charge in [0.25, 0.3) is 0 Å². The maximum Gasteiger partial charge on any atom is 0.408 e. The van der Waals surface area contributed by atoms with E-state index in [4.69, 9.17) is 10.5 Å². The number of pyridine rings is 2. The third-order valence-corrected chi connectivity index (χ3v) is 5.88. The zero-order valence-electron chi connectivity index (χ0n) is 18.0. The van der Waals surface area contributed by atoms with Crippen LogP contribution in [0.1, 0.15) is 24.9 Å². The second-order valence-electron chi connectivity index (χ2n) is 8.19. The molecule has 5 rings (SSSR count). The van der Waals surface area contributed by atoms with Crippen LogP contribution in [0.25, 0.3) is 28.1 Å². The minimum atomic E-state index is -4.44. The molecule has 1 aliphatic heterocycles. The molecule has 1 saturated heterocycles. The lowest BCUT2D eigenvalue weighted by atomic mass is 10.1. The van der Waals surface area contributed by atoms with Gasteiger partial charge in [0.1, 0.15) is 17.5 Å². The zero-order chi connectivity index (χ0) is 23.2. The predicted molar refractivity (Wildman–Crippen MR) is 118 cm³/mol. The number of ether oxygens (including phenoxy) is 1. The van der Waals surface area contributed by atoms with Crippen molar-refractivity contribution in [1.82, 2.24) is 24.5 Å². The number of rotatable bonds is 5. The van der Waals surface area contributed by atoms with Crippen molar-refractivity contribution in [3.63, 3.8) is 0 Å². The molecule has 0 amide bonds. The van der Waals surface area contributed by atoms with Gasteiger partial charge < -0.3 is 10.5 Å². The Labute approximate surface area is 188 Å². The minimum Gasteiger partial charge on any atom is -0.494 e. The van der Waals surface area contributed by atoms with Gasteiger partial charge in [0.05, 0.1) is 12.1 Å². The summed E-state index contributed by atoms with van der Waals surface area (Å²) in [6, 6.07) is 10.3. The highest BCUT2D eigenvalue weighted by Gasteiger charge is 2.46. The smallest absolute Gasteiger partial charge is 0.408 e. The summed E-state index contributed by atoms with van der Waals surface area (Å²) >= 11 is 0. The molecule has 0 bridgehead atoms. The Hall–Kier alpha value is -3.24. The second kappa shape index (κ2) is 8.27. The topological polar surface area (TPSA) is 81.6 Å². The largest absolute Gasteiger partial charge is 0.494 e. The van der Waals surface area contributed by atoms with Gasteiger partial charge in [-0.25, -0.2) is 4.98 Å². The fourth-order valence-electron chi connectivity index (χ4n) is 4.38. The molecule has 172 valence electrons. The molecule has 1 aliphatic rings. The van der Waals surface area contributed by atoms with Crippen molar-refractivity contribution in [3.8, 4) is 17.3 Å². The zero-order valence-corrected chi connectivity index (χ0v) is 18.0. The molecule has 3 aromatic heterocycles. The maximum atomic E-state index is 14.1. The molecule has 2 atom stereocenters. The highest BCUT2D eigenvalue weighted by Crippen LogP contribution is 2.39. The van der Waals surface area contributed by atoms with Crippen molar-refractivity contribution in [3.05, 3.63) is 54.2 Å². The van der Waals surface area contributed by atoms with Crippen molar-refractivity contribution in [2.45, 2.75) is 31.6 Å². The Bertz CT molecular complexity index is 1300. The quantitative estimate of drug-likeness (QED) is 0.489. The average molecular weight is 456 g/mol. The summed E-state index contributed by atoms with van der Waals surface area (Å²) in [4.78, 5) is 6.06. The van der Waals surface area contributed by atoms with Crippen LogP contribution in [0.3, 0.4) is 0 Å². The Morgan fingerprint density at radius 1 is 1.15 bits per heavy atom. The predicted octanol–water partition coefficient (Wildman–Crippen LogP) is 3.98. The first-order chi connectivity index (χ1) is 15.8. The number of aromatic nitrogens is 4. The number of benzene rings is 1. The van der Waals surface area contributed by atoms with E-state index in [1.54, 1.807) is 16.5 Å². The number of halogens is 3. The van der Waals surface area contributed by atoms with Crippen molar-refractivity contribution in [2.24, 2.45) is 5.73 Å².